The second kappa shape index (κ2) is 6.81. The number of benzene rings is 2. The quantitative estimate of drug-likeness (QED) is 0.739. The summed E-state index contributed by atoms with van der Waals surface area (Å²) in [5.41, 5.74) is 3.09. The van der Waals surface area contributed by atoms with E-state index >= 15 is 0 Å². The molecule has 1 aliphatic rings. The minimum atomic E-state index is 0.537. The lowest BCUT2D eigenvalue weighted by Crippen LogP contribution is -2.36. The second-order valence-corrected chi connectivity index (χ2v) is 7.03. The minimum absolute atomic E-state index is 0.537. The first-order valence-corrected chi connectivity index (χ1v) is 8.95. The maximum Gasteiger partial charge on any atom is 0.223 e. The van der Waals surface area contributed by atoms with Gasteiger partial charge in [0.05, 0.1) is 11.2 Å². The largest absolute Gasteiger partial charge is 0.353 e. The van der Waals surface area contributed by atoms with Crippen molar-refractivity contribution in [1.82, 2.24) is 14.9 Å². The fourth-order valence-electron chi connectivity index (χ4n) is 3.42. The Balaban J connectivity index is 1.68. The molecule has 0 saturated heterocycles. The molecular weight excluding hydrogens is 308 g/mol. The van der Waals surface area contributed by atoms with E-state index in [9.17, 15) is 0 Å². The Morgan fingerprint density at radius 1 is 1.00 bits per heavy atom. The molecule has 1 N–H and O–H groups in total. The van der Waals surface area contributed by atoms with Crippen molar-refractivity contribution in [3.05, 3.63) is 54.6 Å². The molecule has 0 aliphatic heterocycles. The van der Waals surface area contributed by atoms with Crippen LogP contribution in [0.5, 0.6) is 0 Å². The molecule has 1 atom stereocenters. The first kappa shape index (κ1) is 16.0. The zero-order valence-electron chi connectivity index (χ0n) is 14.8. The number of hydrogen-bond acceptors (Lipinski definition) is 4. The number of fused-ring (bicyclic) bond motifs is 1. The average Bonchev–Trinajstić information content (AvgIpc) is 3.47. The van der Waals surface area contributed by atoms with Crippen LogP contribution in [0.25, 0.3) is 22.2 Å². The molecule has 128 valence electrons. The fourth-order valence-corrected chi connectivity index (χ4v) is 3.42. The molecule has 0 amide bonds. The summed E-state index contributed by atoms with van der Waals surface area (Å²) in [5.74, 6) is 1.52. The van der Waals surface area contributed by atoms with Crippen LogP contribution in [-0.4, -0.2) is 41.5 Å². The summed E-state index contributed by atoms with van der Waals surface area (Å²) >= 11 is 0. The SMILES string of the molecule is CN(C)C(CNc1nc(-c2ccccc2)c2ccccc2n1)C1CC1. The van der Waals surface area contributed by atoms with Gasteiger partial charge in [-0.15, -0.1) is 0 Å². The maximum absolute atomic E-state index is 4.84. The number of nitrogens with one attached hydrogen (secondary N) is 1. The lowest BCUT2D eigenvalue weighted by Gasteiger charge is -2.24. The Bertz CT molecular complexity index is 854. The number of para-hydroxylation sites is 1. The van der Waals surface area contributed by atoms with Gasteiger partial charge in [-0.3, -0.25) is 0 Å². The standard InChI is InChI=1S/C21H24N4/c1-25(2)19(15-12-13-15)14-22-21-23-18-11-7-6-10-17(18)20(24-21)16-8-4-3-5-9-16/h3-11,15,19H,12-14H2,1-2H3,(H,22,23,24). The van der Waals surface area contributed by atoms with Crippen molar-refractivity contribution >= 4 is 16.9 Å². The van der Waals surface area contributed by atoms with Crippen LogP contribution in [0.3, 0.4) is 0 Å². The highest BCUT2D eigenvalue weighted by Gasteiger charge is 2.32. The molecule has 2 aromatic carbocycles. The summed E-state index contributed by atoms with van der Waals surface area (Å²) < 4.78 is 0. The lowest BCUT2D eigenvalue weighted by molar-refractivity contribution is 0.276. The van der Waals surface area contributed by atoms with Gasteiger partial charge in [0.15, 0.2) is 0 Å². The van der Waals surface area contributed by atoms with E-state index in [0.717, 1.165) is 34.6 Å². The molecule has 0 bridgehead atoms. The van der Waals surface area contributed by atoms with Gasteiger partial charge in [-0.1, -0.05) is 48.5 Å². The smallest absolute Gasteiger partial charge is 0.223 e. The van der Waals surface area contributed by atoms with Crippen molar-refractivity contribution in [2.45, 2.75) is 18.9 Å². The minimum Gasteiger partial charge on any atom is -0.353 e. The summed E-state index contributed by atoms with van der Waals surface area (Å²) in [6, 6.07) is 19.1. The van der Waals surface area contributed by atoms with Crippen molar-refractivity contribution in [3.63, 3.8) is 0 Å². The van der Waals surface area contributed by atoms with Gasteiger partial charge >= 0.3 is 0 Å². The molecule has 4 heteroatoms. The van der Waals surface area contributed by atoms with Gasteiger partial charge in [0.2, 0.25) is 5.95 Å². The molecule has 0 radical (unpaired) electrons. The molecule has 1 aliphatic carbocycles. The molecule has 3 aromatic rings. The molecule has 4 rings (SSSR count). The lowest BCUT2D eigenvalue weighted by atomic mass is 10.1. The number of anilines is 1. The molecule has 1 aromatic heterocycles. The molecule has 1 heterocycles. The van der Waals surface area contributed by atoms with Gasteiger partial charge in [-0.05, 0) is 38.9 Å². The van der Waals surface area contributed by atoms with E-state index in [0.29, 0.717) is 12.0 Å². The highest BCUT2D eigenvalue weighted by molar-refractivity contribution is 5.93. The molecule has 1 fully saturated rings. The Morgan fingerprint density at radius 2 is 1.72 bits per heavy atom. The Morgan fingerprint density at radius 3 is 2.44 bits per heavy atom. The second-order valence-electron chi connectivity index (χ2n) is 7.03. The topological polar surface area (TPSA) is 41.0 Å². The number of aromatic nitrogens is 2. The van der Waals surface area contributed by atoms with E-state index < -0.39 is 0 Å². The Labute approximate surface area is 148 Å². The van der Waals surface area contributed by atoms with Crippen LogP contribution < -0.4 is 5.32 Å². The first-order valence-electron chi connectivity index (χ1n) is 8.95. The van der Waals surface area contributed by atoms with E-state index in [-0.39, 0.29) is 0 Å². The van der Waals surface area contributed by atoms with E-state index in [4.69, 9.17) is 9.97 Å². The predicted octanol–water partition coefficient (Wildman–Crippen LogP) is 4.05. The number of rotatable bonds is 6. The van der Waals surface area contributed by atoms with Gasteiger partial charge in [0.1, 0.15) is 0 Å². The van der Waals surface area contributed by atoms with Crippen molar-refractivity contribution < 1.29 is 0 Å². The van der Waals surface area contributed by atoms with Crippen LogP contribution in [0.4, 0.5) is 5.95 Å². The molecule has 1 saturated carbocycles. The fraction of sp³-hybridized carbons (Fsp3) is 0.333. The van der Waals surface area contributed by atoms with Crippen LogP contribution in [0.15, 0.2) is 54.6 Å². The van der Waals surface area contributed by atoms with E-state index in [2.05, 4.69) is 60.7 Å². The van der Waals surface area contributed by atoms with Crippen LogP contribution in [0.2, 0.25) is 0 Å². The summed E-state index contributed by atoms with van der Waals surface area (Å²) in [5, 5.41) is 4.57. The van der Waals surface area contributed by atoms with Crippen LogP contribution in [-0.2, 0) is 0 Å². The normalized spacial score (nSPS) is 15.5. The molecule has 4 nitrogen and oxygen atoms in total. The predicted molar refractivity (Wildman–Crippen MR) is 104 cm³/mol. The van der Waals surface area contributed by atoms with E-state index in [1.807, 2.05) is 18.2 Å². The van der Waals surface area contributed by atoms with Crippen molar-refractivity contribution in [2.24, 2.45) is 5.92 Å². The third-order valence-electron chi connectivity index (χ3n) is 4.95. The highest BCUT2D eigenvalue weighted by Crippen LogP contribution is 2.34. The summed E-state index contributed by atoms with van der Waals surface area (Å²) in [4.78, 5) is 11.9. The third kappa shape index (κ3) is 3.49. The first-order chi connectivity index (χ1) is 12.2. The van der Waals surface area contributed by atoms with Crippen molar-refractivity contribution in [2.75, 3.05) is 26.0 Å². The summed E-state index contributed by atoms with van der Waals surface area (Å²) in [6.07, 6.45) is 2.66. The van der Waals surface area contributed by atoms with Crippen molar-refractivity contribution in [3.8, 4) is 11.3 Å². The maximum atomic E-state index is 4.84. The molecule has 1 unspecified atom stereocenters. The van der Waals surface area contributed by atoms with Crippen LogP contribution >= 0.6 is 0 Å². The zero-order chi connectivity index (χ0) is 17.2. The summed E-state index contributed by atoms with van der Waals surface area (Å²) in [7, 11) is 4.31. The highest BCUT2D eigenvalue weighted by atomic mass is 15.2. The van der Waals surface area contributed by atoms with Gasteiger partial charge in [0, 0.05) is 23.5 Å². The van der Waals surface area contributed by atoms with E-state index in [1.54, 1.807) is 0 Å². The van der Waals surface area contributed by atoms with Gasteiger partial charge < -0.3 is 10.2 Å². The number of hydrogen-bond donors (Lipinski definition) is 1. The monoisotopic (exact) mass is 332 g/mol. The molecule has 0 spiro atoms. The van der Waals surface area contributed by atoms with Gasteiger partial charge in [0.25, 0.3) is 0 Å². The third-order valence-corrected chi connectivity index (χ3v) is 4.95. The Kier molecular flexibility index (Phi) is 4.36. The summed E-state index contributed by atoms with van der Waals surface area (Å²) in [6.45, 7) is 0.879. The van der Waals surface area contributed by atoms with Crippen molar-refractivity contribution in [1.29, 1.82) is 0 Å². The molecular formula is C21H24N4. The van der Waals surface area contributed by atoms with E-state index in [1.165, 1.54) is 12.8 Å². The van der Waals surface area contributed by atoms with Gasteiger partial charge in [-0.25, -0.2) is 9.97 Å². The van der Waals surface area contributed by atoms with Crippen LogP contribution in [0, 0.1) is 5.92 Å². The Hall–Kier alpha value is -2.46. The van der Waals surface area contributed by atoms with Crippen LogP contribution in [0.1, 0.15) is 12.8 Å². The average molecular weight is 332 g/mol. The number of likely N-dealkylation sites (N-methyl/N-ethyl adjacent to an activating group) is 1. The number of nitrogens with zero attached hydrogens (tertiary/aromatic N) is 3. The molecule has 25 heavy (non-hydrogen) atoms. The zero-order valence-corrected chi connectivity index (χ0v) is 14.8. The van der Waals surface area contributed by atoms with Gasteiger partial charge in [-0.2, -0.15) is 0 Å².